The average Bonchev–Trinajstić information content (AvgIpc) is 3.37. The van der Waals surface area contributed by atoms with E-state index in [4.69, 9.17) is 18.6 Å². The molecule has 2 heterocycles. The summed E-state index contributed by atoms with van der Waals surface area (Å²) in [6.45, 7) is 34.6. The summed E-state index contributed by atoms with van der Waals surface area (Å²) in [5, 5.41) is 3.43. The van der Waals surface area contributed by atoms with Crippen LogP contribution in [0.2, 0.25) is 113 Å². The molecule has 3 fully saturated rings. The topological polar surface area (TPSA) is 3.24 Å². The van der Waals surface area contributed by atoms with E-state index in [1.165, 1.54) is 24.9 Å². The Labute approximate surface area is 289 Å². The number of hydrogen-bond donors (Lipinski definition) is 0. The molecule has 1 nitrogen and oxygen atoms in total. The monoisotopic (exact) mass is 755 g/mol. The molecule has 2 saturated heterocycles. The van der Waals surface area contributed by atoms with Crippen molar-refractivity contribution < 1.29 is 17.0 Å². The molecule has 2 aliphatic carbocycles. The zero-order chi connectivity index (χ0) is 32.0. The number of allylic oxidation sites excluding steroid dienone is 4. The average molecular weight is 757 g/mol. The Morgan fingerprint density at radius 3 is 1.60 bits per heavy atom. The van der Waals surface area contributed by atoms with Crippen LogP contribution in [-0.2, 0) is 17.0 Å². The Balaban J connectivity index is 0.000000676. The quantitative estimate of drug-likeness (QED) is 0.193. The van der Waals surface area contributed by atoms with E-state index in [1.807, 2.05) is 0 Å². The molecule has 10 heteroatoms. The molecular weight excluding hydrogens is 686 g/mol. The van der Waals surface area contributed by atoms with Crippen LogP contribution in [0.4, 0.5) is 0 Å². The van der Waals surface area contributed by atoms with Crippen LogP contribution in [0.3, 0.4) is 0 Å². The van der Waals surface area contributed by atoms with Crippen LogP contribution < -0.4 is 0 Å². The molecule has 0 aromatic heterocycles. The first-order valence-corrected chi connectivity index (χ1v) is 39.4. The Bertz CT molecular complexity index is 866. The minimum atomic E-state index is -1.17. The third-order valence-electron chi connectivity index (χ3n) is 10.7. The molecule has 0 amide bonds. The van der Waals surface area contributed by atoms with Crippen LogP contribution in [0.5, 0.6) is 0 Å². The van der Waals surface area contributed by atoms with Crippen LogP contribution in [0, 0.1) is 19.9 Å². The molecule has 2 aliphatic heterocycles. The van der Waals surface area contributed by atoms with Crippen LogP contribution in [0.15, 0.2) is 22.5 Å². The first kappa shape index (κ1) is 44.0. The summed E-state index contributed by atoms with van der Waals surface area (Å²) in [4.78, 5) is 0. The molecule has 42 heavy (non-hydrogen) atoms. The van der Waals surface area contributed by atoms with Crippen molar-refractivity contribution in [1.82, 2.24) is 4.57 Å². The van der Waals surface area contributed by atoms with E-state index in [2.05, 4.69) is 116 Å². The first-order chi connectivity index (χ1) is 18.6. The third kappa shape index (κ3) is 11.6. The van der Waals surface area contributed by atoms with Gasteiger partial charge < -0.3 is 18.5 Å². The predicted molar refractivity (Wildman–Crippen MR) is 213 cm³/mol. The van der Waals surface area contributed by atoms with E-state index < -0.39 is 57.6 Å². The summed E-state index contributed by atoms with van der Waals surface area (Å²) in [6, 6.07) is 6.08. The summed E-state index contributed by atoms with van der Waals surface area (Å²) < 4.78 is 2.75. The number of nitrogens with zero attached hydrogens (tertiary/aromatic N) is 1. The second-order valence-electron chi connectivity index (χ2n) is 17.1. The zero-order valence-electron chi connectivity index (χ0n) is 30.7. The van der Waals surface area contributed by atoms with Gasteiger partial charge in [-0.15, -0.1) is 5.20 Å². The van der Waals surface area contributed by atoms with Crippen LogP contribution >= 0.6 is 18.6 Å². The molecule has 0 N–H and O–H groups in total. The number of halogens is 2. The van der Waals surface area contributed by atoms with Gasteiger partial charge >= 0.3 is 35.6 Å². The summed E-state index contributed by atoms with van der Waals surface area (Å²) in [5.41, 5.74) is 3.36. The number of rotatable bonds is 6. The minimum absolute atomic E-state index is 0. The van der Waals surface area contributed by atoms with Crippen LogP contribution in [0.1, 0.15) is 32.6 Å². The van der Waals surface area contributed by atoms with Crippen molar-refractivity contribution in [2.75, 3.05) is 14.1 Å². The van der Waals surface area contributed by atoms with Gasteiger partial charge in [0.05, 0.1) is 8.07 Å². The van der Waals surface area contributed by atoms with Crippen molar-refractivity contribution in [3.05, 3.63) is 36.5 Å². The zero-order valence-corrected chi connectivity index (χ0v) is 40.2. The van der Waals surface area contributed by atoms with Crippen molar-refractivity contribution in [3.63, 3.8) is 0 Å². The van der Waals surface area contributed by atoms with Crippen molar-refractivity contribution in [2.45, 2.75) is 145 Å². The summed E-state index contributed by atoms with van der Waals surface area (Å²) >= 11 is -0.556. The molecule has 4 aliphatic rings. The first-order valence-electron chi connectivity index (χ1n) is 16.6. The van der Waals surface area contributed by atoms with Crippen molar-refractivity contribution in [2.24, 2.45) is 5.92 Å². The fraction of sp³-hybridized carbons (Fsp3) is 0.812. The van der Waals surface area contributed by atoms with Gasteiger partial charge in [0.25, 0.3) is 0 Å². The molecule has 4 atom stereocenters. The Hall–Kier alpha value is 2.04. The second kappa shape index (κ2) is 18.0. The Morgan fingerprint density at radius 2 is 1.33 bits per heavy atom. The van der Waals surface area contributed by atoms with E-state index >= 15 is 0 Å². The standard InChI is InChI=1S/C16H37NSi3.C13H23Si2.C2H8Si.CH3.2ClH.Ti/c1-17(2)20(10-9-11-20)16-13-14(18(3,4)5)12-15(16)19(6,7)8;1-11-9-12(14(2,3)4)10-13(11)15(5)7-6-8-15;1-3-2;;;;/h14-16H,9-13H2,1-8H3;9-11H,5-8H2,1-4H3;3H2,1-2H3;1H3;2*1H;/q;-1;;-1;;;+2/p-2. The van der Waals surface area contributed by atoms with Gasteiger partial charge in [-0.05, 0) is 48.7 Å². The molecule has 248 valence electrons. The third-order valence-corrected chi connectivity index (χ3v) is 29.6. The fourth-order valence-electron chi connectivity index (χ4n) is 7.69. The molecular formula is C32H71Cl2NSi6Ti-2. The van der Waals surface area contributed by atoms with Crippen molar-refractivity contribution in [1.29, 1.82) is 0 Å². The molecule has 0 spiro atoms. The van der Waals surface area contributed by atoms with Gasteiger partial charge in [0, 0.05) is 25.7 Å². The second-order valence-corrected chi connectivity index (χ2v) is 46.2. The van der Waals surface area contributed by atoms with Crippen LogP contribution in [-0.4, -0.2) is 68.7 Å². The predicted octanol–water partition coefficient (Wildman–Crippen LogP) is 11.7. The van der Waals surface area contributed by atoms with Gasteiger partial charge in [-0.2, -0.15) is 0 Å². The van der Waals surface area contributed by atoms with Crippen LogP contribution in [0.25, 0.3) is 0 Å². The van der Waals surface area contributed by atoms with E-state index in [-0.39, 0.29) is 7.43 Å². The molecule has 0 radical (unpaired) electrons. The van der Waals surface area contributed by atoms with E-state index in [0.29, 0.717) is 15.4 Å². The molecule has 4 unspecified atom stereocenters. The molecule has 4 rings (SSSR count). The SMILES string of the molecule is CN(C)[Si]1(C2CC([Si](C)(C)C)CC2[Si](C)(C)C)CCC1.C[SiH2]C.[CH2-][Si]1(C2=CC([Si](C)(C)C)=CC2C)CCC1.[CH3-].[Cl][Ti][Cl]. The Kier molecular flexibility index (Phi) is 18.9. The van der Waals surface area contributed by atoms with Gasteiger partial charge in [0.1, 0.15) is 8.24 Å². The Morgan fingerprint density at radius 1 is 0.881 bits per heavy atom. The van der Waals surface area contributed by atoms with Gasteiger partial charge in [-0.25, -0.2) is 0 Å². The van der Waals surface area contributed by atoms with Gasteiger partial charge in [0.15, 0.2) is 0 Å². The summed E-state index contributed by atoms with van der Waals surface area (Å²) in [5.74, 6) is 0.705. The van der Waals surface area contributed by atoms with Crippen molar-refractivity contribution in [3.8, 4) is 0 Å². The van der Waals surface area contributed by atoms with Gasteiger partial charge in [0.2, 0.25) is 0 Å². The fourth-order valence-corrected chi connectivity index (χ4v) is 24.6. The van der Waals surface area contributed by atoms with E-state index in [0.717, 1.165) is 16.6 Å². The van der Waals surface area contributed by atoms with E-state index in [9.17, 15) is 0 Å². The maximum atomic E-state index is 4.89. The molecule has 1 saturated carbocycles. The summed E-state index contributed by atoms with van der Waals surface area (Å²) in [6.07, 6.45) is 11.2. The number of hydrogen-bond acceptors (Lipinski definition) is 1. The summed E-state index contributed by atoms with van der Waals surface area (Å²) in [7, 11) is 9.69. The normalized spacial score (nSPS) is 27.7. The molecule has 0 bridgehead atoms. The maximum absolute atomic E-state index is 4.89. The molecule has 0 aromatic rings. The van der Waals surface area contributed by atoms with E-state index in [1.54, 1.807) is 35.3 Å². The molecule has 0 aromatic carbocycles. The van der Waals surface area contributed by atoms with Crippen molar-refractivity contribution >= 4 is 68.7 Å². The van der Waals surface area contributed by atoms with Gasteiger partial charge in [-0.3, -0.25) is 0 Å². The van der Waals surface area contributed by atoms with Gasteiger partial charge in [-0.1, -0.05) is 142 Å².